The van der Waals surface area contributed by atoms with Gasteiger partial charge < -0.3 is 10.4 Å². The maximum absolute atomic E-state index is 12.5. The van der Waals surface area contributed by atoms with Crippen molar-refractivity contribution in [3.63, 3.8) is 0 Å². The van der Waals surface area contributed by atoms with Crippen LogP contribution in [0.25, 0.3) is 0 Å². The third-order valence-electron chi connectivity index (χ3n) is 9.94. The predicted octanol–water partition coefficient (Wildman–Crippen LogP) is 13.1. The average molecular weight is 650 g/mol. The molecule has 0 saturated carbocycles. The standard InChI is InChI=1S/C42H83NO3/c1-3-5-7-9-11-13-15-17-18-19-20-21-22-23-24-26-28-30-32-34-36-38-42(46)43-40(39-44)41(45)37-35-33-31-29-27-25-16-14-12-10-8-6-4-2/h40,44H,3-39H2,1-2H3,(H,43,46)/t40-/m0/s1. The number of carbonyl (C=O) groups excluding carboxylic acids is 2. The Hall–Kier alpha value is -0.900. The van der Waals surface area contributed by atoms with E-state index in [1.165, 1.54) is 193 Å². The fourth-order valence-electron chi connectivity index (χ4n) is 6.70. The zero-order valence-electron chi connectivity index (χ0n) is 31.5. The average Bonchev–Trinajstić information content (AvgIpc) is 3.06. The van der Waals surface area contributed by atoms with Crippen LogP contribution in [0.15, 0.2) is 0 Å². The van der Waals surface area contributed by atoms with Gasteiger partial charge in [-0.05, 0) is 12.8 Å². The van der Waals surface area contributed by atoms with Gasteiger partial charge >= 0.3 is 0 Å². The van der Waals surface area contributed by atoms with E-state index in [0.29, 0.717) is 12.8 Å². The van der Waals surface area contributed by atoms with Crippen LogP contribution in [0, 0.1) is 0 Å². The van der Waals surface area contributed by atoms with Gasteiger partial charge in [0.1, 0.15) is 6.04 Å². The smallest absolute Gasteiger partial charge is 0.220 e. The second kappa shape index (κ2) is 38.5. The molecule has 0 aromatic heterocycles. The second-order valence-electron chi connectivity index (χ2n) is 14.6. The molecule has 0 saturated heterocycles. The number of hydrogen-bond acceptors (Lipinski definition) is 3. The first kappa shape index (κ1) is 45.1. The number of rotatable bonds is 39. The Morgan fingerprint density at radius 3 is 0.891 bits per heavy atom. The highest BCUT2D eigenvalue weighted by Crippen LogP contribution is 2.16. The van der Waals surface area contributed by atoms with Gasteiger partial charge in [0.05, 0.1) is 6.61 Å². The molecule has 0 rings (SSSR count). The lowest BCUT2D eigenvalue weighted by Gasteiger charge is -2.15. The molecule has 274 valence electrons. The molecule has 0 unspecified atom stereocenters. The molecule has 0 heterocycles. The quantitative estimate of drug-likeness (QED) is 0.0651. The number of hydrogen-bond donors (Lipinski definition) is 2. The number of carbonyl (C=O) groups is 2. The van der Waals surface area contributed by atoms with Crippen LogP contribution in [0.3, 0.4) is 0 Å². The normalized spacial score (nSPS) is 12.1. The Balaban J connectivity index is 3.46. The molecule has 0 aromatic carbocycles. The lowest BCUT2D eigenvalue weighted by molar-refractivity contribution is -0.128. The van der Waals surface area contributed by atoms with Crippen molar-refractivity contribution >= 4 is 11.7 Å². The molecule has 0 bridgehead atoms. The minimum atomic E-state index is -0.722. The molecular weight excluding hydrogens is 566 g/mol. The van der Waals surface area contributed by atoms with Crippen LogP contribution in [0.2, 0.25) is 0 Å². The highest BCUT2D eigenvalue weighted by Gasteiger charge is 2.19. The molecule has 0 aliphatic carbocycles. The van der Waals surface area contributed by atoms with Crippen molar-refractivity contribution in [2.45, 2.75) is 251 Å². The summed E-state index contributed by atoms with van der Waals surface area (Å²) in [5.74, 6) is -0.103. The number of nitrogens with one attached hydrogen (secondary N) is 1. The lowest BCUT2D eigenvalue weighted by atomic mass is 10.0. The predicted molar refractivity (Wildman–Crippen MR) is 202 cm³/mol. The summed E-state index contributed by atoms with van der Waals surface area (Å²) in [5.41, 5.74) is 0. The molecule has 4 heteroatoms. The second-order valence-corrected chi connectivity index (χ2v) is 14.6. The summed E-state index contributed by atoms with van der Waals surface area (Å²) in [6, 6.07) is -0.722. The first-order valence-electron chi connectivity index (χ1n) is 21.1. The molecule has 46 heavy (non-hydrogen) atoms. The van der Waals surface area contributed by atoms with E-state index in [2.05, 4.69) is 19.2 Å². The van der Waals surface area contributed by atoms with Crippen LogP contribution >= 0.6 is 0 Å². The lowest BCUT2D eigenvalue weighted by Crippen LogP contribution is -2.43. The number of aliphatic hydroxyl groups excluding tert-OH is 1. The van der Waals surface area contributed by atoms with Gasteiger partial charge in [-0.3, -0.25) is 9.59 Å². The Kier molecular flexibility index (Phi) is 37.8. The van der Waals surface area contributed by atoms with E-state index in [-0.39, 0.29) is 18.3 Å². The highest BCUT2D eigenvalue weighted by molar-refractivity contribution is 5.89. The molecule has 0 fully saturated rings. The van der Waals surface area contributed by atoms with E-state index in [1.807, 2.05) is 0 Å². The van der Waals surface area contributed by atoms with Crippen LogP contribution in [-0.2, 0) is 9.59 Å². The molecule has 0 spiro atoms. The zero-order valence-corrected chi connectivity index (χ0v) is 31.5. The van der Waals surface area contributed by atoms with Crippen molar-refractivity contribution in [3.8, 4) is 0 Å². The molecule has 0 aliphatic heterocycles. The summed E-state index contributed by atoms with van der Waals surface area (Å²) >= 11 is 0. The first-order chi connectivity index (χ1) is 22.7. The SMILES string of the molecule is CCCCCCCCCCCCCCCCCCCCCCCC(=O)N[C@@H](CO)C(=O)CCCCCCCCCCCCCCC. The Bertz CT molecular complexity index is 622. The number of unbranched alkanes of at least 4 members (excludes halogenated alkanes) is 32. The summed E-state index contributed by atoms with van der Waals surface area (Å²) in [6.45, 7) is 4.27. The molecule has 4 nitrogen and oxygen atoms in total. The maximum atomic E-state index is 12.5. The van der Waals surface area contributed by atoms with Crippen molar-refractivity contribution in [1.82, 2.24) is 5.32 Å². The van der Waals surface area contributed by atoms with Gasteiger partial charge in [-0.15, -0.1) is 0 Å². The van der Waals surface area contributed by atoms with E-state index in [4.69, 9.17) is 0 Å². The molecule has 0 radical (unpaired) electrons. The zero-order chi connectivity index (χ0) is 33.6. The Morgan fingerprint density at radius 1 is 0.391 bits per heavy atom. The van der Waals surface area contributed by atoms with E-state index in [0.717, 1.165) is 25.7 Å². The summed E-state index contributed by atoms with van der Waals surface area (Å²) in [5, 5.41) is 12.4. The minimum Gasteiger partial charge on any atom is -0.394 e. The van der Waals surface area contributed by atoms with Gasteiger partial charge in [-0.1, -0.05) is 219 Å². The van der Waals surface area contributed by atoms with E-state index in [9.17, 15) is 14.7 Å². The van der Waals surface area contributed by atoms with Gasteiger partial charge in [-0.25, -0.2) is 0 Å². The molecule has 1 atom stereocenters. The van der Waals surface area contributed by atoms with Gasteiger partial charge in [0.15, 0.2) is 5.78 Å². The fourth-order valence-corrected chi connectivity index (χ4v) is 6.70. The largest absolute Gasteiger partial charge is 0.394 e. The van der Waals surface area contributed by atoms with Crippen molar-refractivity contribution in [2.24, 2.45) is 0 Å². The van der Waals surface area contributed by atoms with Crippen LogP contribution in [0.5, 0.6) is 0 Å². The molecule has 2 N–H and O–H groups in total. The van der Waals surface area contributed by atoms with Gasteiger partial charge in [0, 0.05) is 12.8 Å². The fraction of sp³-hybridized carbons (Fsp3) is 0.952. The molecular formula is C42H83NO3. The van der Waals surface area contributed by atoms with Gasteiger partial charge in [-0.2, -0.15) is 0 Å². The van der Waals surface area contributed by atoms with E-state index in [1.54, 1.807) is 0 Å². The monoisotopic (exact) mass is 650 g/mol. The number of aliphatic hydroxyl groups is 1. The van der Waals surface area contributed by atoms with Crippen molar-refractivity contribution in [3.05, 3.63) is 0 Å². The van der Waals surface area contributed by atoms with Crippen LogP contribution < -0.4 is 5.32 Å². The van der Waals surface area contributed by atoms with Crippen molar-refractivity contribution in [2.75, 3.05) is 6.61 Å². The maximum Gasteiger partial charge on any atom is 0.220 e. The summed E-state index contributed by atoms with van der Waals surface area (Å²) in [7, 11) is 0. The Morgan fingerprint density at radius 2 is 0.630 bits per heavy atom. The molecule has 1 amide bonds. The topological polar surface area (TPSA) is 66.4 Å². The third-order valence-corrected chi connectivity index (χ3v) is 9.94. The summed E-state index contributed by atoms with van der Waals surface area (Å²) in [4.78, 5) is 24.8. The highest BCUT2D eigenvalue weighted by atomic mass is 16.3. The van der Waals surface area contributed by atoms with E-state index < -0.39 is 6.04 Å². The summed E-state index contributed by atoms with van der Waals surface area (Å²) in [6.07, 6.45) is 45.9. The van der Waals surface area contributed by atoms with Crippen LogP contribution in [0.4, 0.5) is 0 Å². The number of ketones is 1. The van der Waals surface area contributed by atoms with Crippen molar-refractivity contribution < 1.29 is 14.7 Å². The van der Waals surface area contributed by atoms with Crippen molar-refractivity contribution in [1.29, 1.82) is 0 Å². The van der Waals surface area contributed by atoms with E-state index >= 15 is 0 Å². The summed E-state index contributed by atoms with van der Waals surface area (Å²) < 4.78 is 0. The van der Waals surface area contributed by atoms with Crippen LogP contribution in [-0.4, -0.2) is 29.4 Å². The number of amides is 1. The minimum absolute atomic E-state index is 0.0160. The van der Waals surface area contributed by atoms with Gasteiger partial charge in [0.2, 0.25) is 5.91 Å². The molecule has 0 aromatic rings. The number of Topliss-reactive ketones (excluding diaryl/α,β-unsaturated/α-hetero) is 1. The van der Waals surface area contributed by atoms with Crippen LogP contribution in [0.1, 0.15) is 245 Å². The third kappa shape index (κ3) is 34.4. The first-order valence-corrected chi connectivity index (χ1v) is 21.1. The Labute approximate surface area is 288 Å². The molecule has 0 aliphatic rings. The van der Waals surface area contributed by atoms with Gasteiger partial charge in [0.25, 0.3) is 0 Å².